The third kappa shape index (κ3) is 1.73. The first-order chi connectivity index (χ1) is 9.13. The van der Waals surface area contributed by atoms with Crippen molar-refractivity contribution in [3.63, 3.8) is 0 Å². The predicted octanol–water partition coefficient (Wildman–Crippen LogP) is 2.00. The number of carbonyl (C=O) groups is 3. The van der Waals surface area contributed by atoms with Gasteiger partial charge in [-0.3, -0.25) is 14.4 Å². The number of carbonyl (C=O) groups excluding carboxylic acids is 3. The van der Waals surface area contributed by atoms with Crippen LogP contribution in [0.2, 0.25) is 0 Å². The molecule has 0 spiro atoms. The number of Topliss-reactive ketones (excluding diaryl/α,β-unsaturated/α-hetero) is 1. The molecular formula is C14H11NO3S. The molecule has 1 fully saturated rings. The minimum Gasteiger partial charge on any atom is -0.308 e. The van der Waals surface area contributed by atoms with Crippen LogP contribution in [0.1, 0.15) is 18.9 Å². The quantitative estimate of drug-likeness (QED) is 0.580. The molecule has 0 N–H and O–H groups in total. The minimum atomic E-state index is -0.244. The van der Waals surface area contributed by atoms with E-state index in [1.807, 2.05) is 31.2 Å². The molecule has 5 heteroatoms. The Morgan fingerprint density at radius 3 is 2.58 bits per heavy atom. The van der Waals surface area contributed by atoms with Gasteiger partial charge in [-0.2, -0.15) is 0 Å². The van der Waals surface area contributed by atoms with E-state index in [-0.39, 0.29) is 23.2 Å². The zero-order chi connectivity index (χ0) is 13.6. The summed E-state index contributed by atoms with van der Waals surface area (Å²) in [6.07, 6.45) is -0.106. The molecule has 19 heavy (non-hydrogen) atoms. The molecule has 0 saturated carbocycles. The van der Waals surface area contributed by atoms with Crippen LogP contribution < -0.4 is 4.90 Å². The number of allylic oxidation sites excluding steroid dienone is 1. The second-order valence-electron chi connectivity index (χ2n) is 4.34. The Morgan fingerprint density at radius 2 is 1.95 bits per heavy atom. The van der Waals surface area contributed by atoms with Crippen molar-refractivity contribution < 1.29 is 14.4 Å². The summed E-state index contributed by atoms with van der Waals surface area (Å²) >= 11 is 0.894. The Balaban J connectivity index is 2.23. The third-order valence-electron chi connectivity index (χ3n) is 3.24. The van der Waals surface area contributed by atoms with Crippen molar-refractivity contribution in [2.24, 2.45) is 0 Å². The fraction of sp³-hybridized carbons (Fsp3) is 0.214. The average molecular weight is 273 g/mol. The largest absolute Gasteiger partial charge is 0.308 e. The number of nitrogens with zero attached hydrogens (tertiary/aromatic N) is 1. The minimum absolute atomic E-state index is 0.106. The number of ketones is 1. The predicted molar refractivity (Wildman–Crippen MR) is 73.6 cm³/mol. The number of anilines is 1. The van der Waals surface area contributed by atoms with Crippen molar-refractivity contribution >= 4 is 39.8 Å². The van der Waals surface area contributed by atoms with Gasteiger partial charge in [0, 0.05) is 12.1 Å². The maximum absolute atomic E-state index is 12.4. The summed E-state index contributed by atoms with van der Waals surface area (Å²) in [6, 6.07) is 7.37. The number of hydrogen-bond donors (Lipinski definition) is 0. The summed E-state index contributed by atoms with van der Waals surface area (Å²) in [7, 11) is 0. The Labute approximate surface area is 114 Å². The van der Waals surface area contributed by atoms with Crippen molar-refractivity contribution in [1.82, 2.24) is 0 Å². The summed E-state index contributed by atoms with van der Waals surface area (Å²) in [5.74, 6) is -0.430. The lowest BCUT2D eigenvalue weighted by Crippen LogP contribution is -2.26. The van der Waals surface area contributed by atoms with E-state index < -0.39 is 0 Å². The smallest absolute Gasteiger partial charge is 0.260 e. The van der Waals surface area contributed by atoms with Crippen molar-refractivity contribution in [3.05, 3.63) is 34.7 Å². The molecule has 1 saturated heterocycles. The number of amides is 1. The highest BCUT2D eigenvalue weighted by Gasteiger charge is 2.38. The Bertz CT molecular complexity index is 648. The van der Waals surface area contributed by atoms with Gasteiger partial charge < -0.3 is 4.90 Å². The van der Waals surface area contributed by atoms with Crippen LogP contribution in [0.15, 0.2) is 29.2 Å². The molecule has 4 nitrogen and oxygen atoms in total. The van der Waals surface area contributed by atoms with E-state index in [4.69, 9.17) is 0 Å². The summed E-state index contributed by atoms with van der Waals surface area (Å²) in [5.41, 5.74) is 1.95. The highest BCUT2D eigenvalue weighted by atomic mass is 32.2. The zero-order valence-electron chi connectivity index (χ0n) is 10.3. The number of hydrogen-bond acceptors (Lipinski definition) is 4. The molecule has 1 amide bonds. The molecular weight excluding hydrogens is 262 g/mol. The lowest BCUT2D eigenvalue weighted by Gasteiger charge is -2.13. The number of likely N-dealkylation sites (N-methyl/N-ethyl adjacent to an activating group) is 1. The standard InChI is InChI=1S/C14H11NO3S/c1-2-15-9-6-4-3-5-8(9)12(14(15)18)13-10(16)7-11(17)19-13/h3-6H,2,7H2,1H3/b13-12-. The second kappa shape index (κ2) is 4.35. The molecule has 1 aromatic carbocycles. The van der Waals surface area contributed by atoms with Gasteiger partial charge >= 0.3 is 0 Å². The monoisotopic (exact) mass is 273 g/mol. The molecule has 0 unspecified atom stereocenters. The number of thioether (sulfide) groups is 1. The van der Waals surface area contributed by atoms with Crippen LogP contribution in [0.4, 0.5) is 5.69 Å². The van der Waals surface area contributed by atoms with Crippen LogP contribution in [0.5, 0.6) is 0 Å². The van der Waals surface area contributed by atoms with E-state index in [9.17, 15) is 14.4 Å². The van der Waals surface area contributed by atoms with E-state index in [0.717, 1.165) is 23.0 Å². The molecule has 2 aliphatic heterocycles. The summed E-state index contributed by atoms with van der Waals surface area (Å²) in [6.45, 7) is 2.43. The van der Waals surface area contributed by atoms with Gasteiger partial charge in [0.05, 0.1) is 22.6 Å². The van der Waals surface area contributed by atoms with Crippen LogP contribution in [0.25, 0.3) is 5.57 Å². The van der Waals surface area contributed by atoms with Gasteiger partial charge in [0.2, 0.25) is 5.12 Å². The molecule has 96 valence electrons. The van der Waals surface area contributed by atoms with Gasteiger partial charge in [0.15, 0.2) is 5.78 Å². The first-order valence-corrected chi connectivity index (χ1v) is 6.84. The number of benzene rings is 1. The fourth-order valence-corrected chi connectivity index (χ4v) is 3.34. The summed E-state index contributed by atoms with van der Waals surface area (Å²) in [4.78, 5) is 37.6. The summed E-state index contributed by atoms with van der Waals surface area (Å²) < 4.78 is 0. The maximum Gasteiger partial charge on any atom is 0.260 e. The van der Waals surface area contributed by atoms with Crippen molar-refractivity contribution in [3.8, 4) is 0 Å². The lowest BCUT2D eigenvalue weighted by molar-refractivity contribution is -0.119. The molecule has 0 radical (unpaired) electrons. The van der Waals surface area contributed by atoms with Gasteiger partial charge in [-0.1, -0.05) is 18.2 Å². The number of para-hydroxylation sites is 1. The van der Waals surface area contributed by atoms with Gasteiger partial charge in [-0.05, 0) is 24.8 Å². The van der Waals surface area contributed by atoms with E-state index in [1.165, 1.54) is 0 Å². The third-order valence-corrected chi connectivity index (χ3v) is 4.25. The molecule has 3 rings (SSSR count). The highest BCUT2D eigenvalue weighted by molar-refractivity contribution is 8.18. The van der Waals surface area contributed by atoms with E-state index >= 15 is 0 Å². The van der Waals surface area contributed by atoms with E-state index in [0.29, 0.717) is 17.0 Å². The second-order valence-corrected chi connectivity index (χ2v) is 5.41. The van der Waals surface area contributed by atoms with Crippen molar-refractivity contribution in [2.45, 2.75) is 13.3 Å². The first-order valence-electron chi connectivity index (χ1n) is 6.03. The van der Waals surface area contributed by atoms with Crippen LogP contribution >= 0.6 is 11.8 Å². The van der Waals surface area contributed by atoms with E-state index in [1.54, 1.807) is 4.90 Å². The Morgan fingerprint density at radius 1 is 1.21 bits per heavy atom. The molecule has 1 aromatic rings. The van der Waals surface area contributed by atoms with Crippen LogP contribution in [0.3, 0.4) is 0 Å². The van der Waals surface area contributed by atoms with Crippen molar-refractivity contribution in [2.75, 3.05) is 11.4 Å². The molecule has 2 heterocycles. The van der Waals surface area contributed by atoms with Gasteiger partial charge in [-0.25, -0.2) is 0 Å². The molecule has 2 aliphatic rings. The topological polar surface area (TPSA) is 54.5 Å². The summed E-state index contributed by atoms with van der Waals surface area (Å²) in [5, 5.41) is -0.187. The Hall–Kier alpha value is -1.88. The SMILES string of the molecule is CCN1C(=O)/C(=C2\SC(=O)CC2=O)c2ccccc21. The average Bonchev–Trinajstić information content (AvgIpc) is 2.85. The highest BCUT2D eigenvalue weighted by Crippen LogP contribution is 2.43. The van der Waals surface area contributed by atoms with Gasteiger partial charge in [-0.15, -0.1) is 0 Å². The number of rotatable bonds is 1. The van der Waals surface area contributed by atoms with Crippen LogP contribution in [-0.2, 0) is 14.4 Å². The maximum atomic E-state index is 12.4. The van der Waals surface area contributed by atoms with Crippen molar-refractivity contribution in [1.29, 1.82) is 0 Å². The van der Waals surface area contributed by atoms with Gasteiger partial charge in [0.25, 0.3) is 5.91 Å². The molecule has 0 bridgehead atoms. The van der Waals surface area contributed by atoms with Gasteiger partial charge in [0.1, 0.15) is 0 Å². The normalized spacial score (nSPS) is 22.4. The lowest BCUT2D eigenvalue weighted by atomic mass is 10.1. The Kier molecular flexibility index (Phi) is 2.78. The molecule has 0 aromatic heterocycles. The molecule has 0 aliphatic carbocycles. The van der Waals surface area contributed by atoms with E-state index in [2.05, 4.69) is 0 Å². The first kappa shape index (κ1) is 12.2. The fourth-order valence-electron chi connectivity index (χ4n) is 2.42. The zero-order valence-corrected chi connectivity index (χ0v) is 11.1. The van der Waals surface area contributed by atoms with Crippen LogP contribution in [-0.4, -0.2) is 23.4 Å². The van der Waals surface area contributed by atoms with Crippen LogP contribution in [0, 0.1) is 0 Å². The number of fused-ring (bicyclic) bond motifs is 1. The molecule has 0 atom stereocenters.